The van der Waals surface area contributed by atoms with Gasteiger partial charge in [0.05, 0.1) is 17.7 Å². The van der Waals surface area contributed by atoms with Gasteiger partial charge in [-0.3, -0.25) is 0 Å². The van der Waals surface area contributed by atoms with Crippen LogP contribution in [0, 0.1) is 5.92 Å². The Kier molecular flexibility index (Phi) is 6.03. The molecule has 1 aromatic rings. The van der Waals surface area contributed by atoms with E-state index in [1.54, 1.807) is 6.07 Å². The van der Waals surface area contributed by atoms with Gasteiger partial charge in [0.15, 0.2) is 0 Å². The van der Waals surface area contributed by atoms with Crippen molar-refractivity contribution in [2.24, 2.45) is 5.92 Å². The summed E-state index contributed by atoms with van der Waals surface area (Å²) in [6, 6.07) is 4.39. The molecule has 0 bridgehead atoms. The lowest BCUT2D eigenvalue weighted by molar-refractivity contribution is 0.0601. The molecular weight excluding hydrogens is 306 g/mol. The number of ether oxygens (including phenoxy) is 1. The highest BCUT2D eigenvalue weighted by atomic mass is 35.5. The van der Waals surface area contributed by atoms with Gasteiger partial charge in [0.1, 0.15) is 0 Å². The van der Waals surface area contributed by atoms with Crippen molar-refractivity contribution in [1.82, 2.24) is 10.6 Å². The zero-order chi connectivity index (χ0) is 15.9. The van der Waals surface area contributed by atoms with Crippen LogP contribution < -0.4 is 16.0 Å². The molecule has 0 atom stereocenters. The van der Waals surface area contributed by atoms with Gasteiger partial charge in [-0.1, -0.05) is 11.6 Å². The monoisotopic (exact) mass is 325 g/mol. The molecule has 0 unspecified atom stereocenters. The van der Waals surface area contributed by atoms with E-state index in [2.05, 4.69) is 20.7 Å². The van der Waals surface area contributed by atoms with Gasteiger partial charge in [-0.05, 0) is 50.0 Å². The number of piperidine rings is 1. The van der Waals surface area contributed by atoms with Crippen LogP contribution >= 0.6 is 11.6 Å². The number of benzene rings is 1. The van der Waals surface area contributed by atoms with E-state index in [0.717, 1.165) is 25.9 Å². The summed E-state index contributed by atoms with van der Waals surface area (Å²) in [5.41, 5.74) is 0.797. The summed E-state index contributed by atoms with van der Waals surface area (Å²) >= 11 is 6.01. The maximum atomic E-state index is 11.9. The van der Waals surface area contributed by atoms with Gasteiger partial charge in [-0.2, -0.15) is 0 Å². The number of anilines is 1. The van der Waals surface area contributed by atoms with E-state index >= 15 is 0 Å². The van der Waals surface area contributed by atoms with Crippen molar-refractivity contribution in [3.05, 3.63) is 28.8 Å². The van der Waals surface area contributed by atoms with Crippen molar-refractivity contribution in [3.63, 3.8) is 0 Å². The molecule has 6 nitrogen and oxygen atoms in total. The Labute approximate surface area is 134 Å². The van der Waals surface area contributed by atoms with E-state index in [4.69, 9.17) is 11.6 Å². The van der Waals surface area contributed by atoms with Gasteiger partial charge in [0.25, 0.3) is 0 Å². The number of esters is 1. The van der Waals surface area contributed by atoms with Crippen LogP contribution in [0.15, 0.2) is 18.2 Å². The highest BCUT2D eigenvalue weighted by Gasteiger charge is 2.15. The number of hydrogen-bond acceptors (Lipinski definition) is 4. The van der Waals surface area contributed by atoms with Gasteiger partial charge in [0.2, 0.25) is 0 Å². The maximum Gasteiger partial charge on any atom is 0.339 e. The first-order chi connectivity index (χ1) is 10.6. The Hall–Kier alpha value is -1.79. The Morgan fingerprint density at radius 3 is 2.73 bits per heavy atom. The van der Waals surface area contributed by atoms with Crippen LogP contribution in [0.1, 0.15) is 23.2 Å². The van der Waals surface area contributed by atoms with Crippen molar-refractivity contribution < 1.29 is 14.3 Å². The number of rotatable bonds is 4. The lowest BCUT2D eigenvalue weighted by Gasteiger charge is -2.22. The van der Waals surface area contributed by atoms with Crippen LogP contribution in [0.5, 0.6) is 0 Å². The van der Waals surface area contributed by atoms with Crippen molar-refractivity contribution in [3.8, 4) is 0 Å². The fourth-order valence-electron chi connectivity index (χ4n) is 2.37. The maximum absolute atomic E-state index is 11.9. The van der Waals surface area contributed by atoms with Crippen LogP contribution in [0.4, 0.5) is 10.5 Å². The second kappa shape index (κ2) is 8.00. The molecule has 1 fully saturated rings. The SMILES string of the molecule is COC(=O)c1ccc(NC(=O)NCC2CCNCC2)cc1Cl. The molecule has 0 spiro atoms. The normalized spacial score (nSPS) is 15.2. The van der Waals surface area contributed by atoms with Crippen molar-refractivity contribution >= 4 is 29.3 Å². The summed E-state index contributed by atoms with van der Waals surface area (Å²) < 4.78 is 4.62. The Bertz CT molecular complexity index is 545. The third-order valence-electron chi connectivity index (χ3n) is 3.64. The minimum Gasteiger partial charge on any atom is -0.465 e. The van der Waals surface area contributed by atoms with E-state index in [9.17, 15) is 9.59 Å². The predicted molar refractivity (Wildman–Crippen MR) is 85.4 cm³/mol. The molecule has 0 aliphatic carbocycles. The van der Waals surface area contributed by atoms with E-state index < -0.39 is 5.97 Å². The molecule has 120 valence electrons. The van der Waals surface area contributed by atoms with Gasteiger partial charge < -0.3 is 20.7 Å². The van der Waals surface area contributed by atoms with Crippen LogP contribution in [0.25, 0.3) is 0 Å². The number of methoxy groups -OCH3 is 1. The number of urea groups is 1. The summed E-state index contributed by atoms with van der Waals surface area (Å²) in [4.78, 5) is 23.3. The first-order valence-corrected chi connectivity index (χ1v) is 7.61. The minimum atomic E-state index is -0.507. The molecule has 22 heavy (non-hydrogen) atoms. The fraction of sp³-hybridized carbons (Fsp3) is 0.467. The molecule has 1 heterocycles. The third-order valence-corrected chi connectivity index (χ3v) is 3.95. The molecule has 1 aromatic carbocycles. The zero-order valence-corrected chi connectivity index (χ0v) is 13.2. The molecule has 1 aliphatic heterocycles. The molecule has 2 amide bonds. The molecule has 0 aromatic heterocycles. The molecule has 1 aliphatic rings. The first kappa shape index (κ1) is 16.6. The topological polar surface area (TPSA) is 79.5 Å². The zero-order valence-electron chi connectivity index (χ0n) is 12.4. The van der Waals surface area contributed by atoms with Crippen molar-refractivity contribution in [2.75, 3.05) is 32.1 Å². The van der Waals surface area contributed by atoms with Gasteiger partial charge in [-0.25, -0.2) is 9.59 Å². The quantitative estimate of drug-likeness (QED) is 0.742. The molecule has 0 saturated carbocycles. The number of halogens is 1. The summed E-state index contributed by atoms with van der Waals surface area (Å²) in [7, 11) is 1.29. The van der Waals surface area contributed by atoms with Crippen LogP contribution in [0.2, 0.25) is 5.02 Å². The molecule has 7 heteroatoms. The average Bonchev–Trinajstić information content (AvgIpc) is 2.53. The lowest BCUT2D eigenvalue weighted by atomic mass is 9.98. The van der Waals surface area contributed by atoms with Crippen molar-refractivity contribution in [2.45, 2.75) is 12.8 Å². The summed E-state index contributed by atoms with van der Waals surface area (Å²) in [5, 5.41) is 9.09. The Balaban J connectivity index is 1.85. The highest BCUT2D eigenvalue weighted by Crippen LogP contribution is 2.21. The van der Waals surface area contributed by atoms with Gasteiger partial charge in [0, 0.05) is 12.2 Å². The van der Waals surface area contributed by atoms with Crippen molar-refractivity contribution in [1.29, 1.82) is 0 Å². The highest BCUT2D eigenvalue weighted by molar-refractivity contribution is 6.33. The molecule has 2 rings (SSSR count). The Morgan fingerprint density at radius 2 is 2.09 bits per heavy atom. The predicted octanol–water partition coefficient (Wildman–Crippen LogP) is 2.25. The average molecular weight is 326 g/mol. The molecule has 0 radical (unpaired) electrons. The number of hydrogen-bond donors (Lipinski definition) is 3. The number of carbonyl (C=O) groups is 2. The number of amides is 2. The van der Waals surface area contributed by atoms with Crippen LogP contribution in [-0.2, 0) is 4.74 Å². The largest absolute Gasteiger partial charge is 0.465 e. The van der Waals surface area contributed by atoms with E-state index in [0.29, 0.717) is 18.2 Å². The lowest BCUT2D eigenvalue weighted by Crippen LogP contribution is -2.37. The smallest absolute Gasteiger partial charge is 0.339 e. The molecular formula is C15H20ClN3O3. The summed E-state index contributed by atoms with van der Waals surface area (Å²) in [6.07, 6.45) is 2.14. The van der Waals surface area contributed by atoms with E-state index in [-0.39, 0.29) is 16.6 Å². The van der Waals surface area contributed by atoms with Gasteiger partial charge >= 0.3 is 12.0 Å². The fourth-order valence-corrected chi connectivity index (χ4v) is 2.62. The summed E-state index contributed by atoms with van der Waals surface area (Å²) in [5.74, 6) is 0.00389. The minimum absolute atomic E-state index is 0.239. The second-order valence-corrected chi connectivity index (χ2v) is 5.62. The van der Waals surface area contributed by atoms with Crippen LogP contribution in [0.3, 0.4) is 0 Å². The van der Waals surface area contributed by atoms with Crippen LogP contribution in [-0.4, -0.2) is 38.7 Å². The standard InChI is InChI=1S/C15H20ClN3O3/c1-22-14(20)12-3-2-11(8-13(12)16)19-15(21)18-9-10-4-6-17-7-5-10/h2-3,8,10,17H,4-7,9H2,1H3,(H2,18,19,21). The van der Waals surface area contributed by atoms with E-state index in [1.165, 1.54) is 19.2 Å². The molecule has 1 saturated heterocycles. The van der Waals surface area contributed by atoms with Gasteiger partial charge in [-0.15, -0.1) is 0 Å². The Morgan fingerprint density at radius 1 is 1.36 bits per heavy atom. The number of carbonyl (C=O) groups excluding carboxylic acids is 2. The molecule has 3 N–H and O–H groups in total. The first-order valence-electron chi connectivity index (χ1n) is 7.23. The van der Waals surface area contributed by atoms with E-state index in [1.807, 2.05) is 0 Å². The third kappa shape index (κ3) is 4.61. The number of nitrogens with one attached hydrogen (secondary N) is 3. The summed E-state index contributed by atoms with van der Waals surface area (Å²) in [6.45, 7) is 2.65. The second-order valence-electron chi connectivity index (χ2n) is 5.21.